The standard InChI is InChI=1S/C15H21N3S/c1-15(4-7-17(2)8-5-15)14-16-6-9-18(14)11-13-3-10-19-12-13/h3,6,9-10,12H,4-5,7-8,11H2,1-2H3. The molecule has 1 aliphatic heterocycles. The maximum atomic E-state index is 4.67. The van der Waals surface area contributed by atoms with Crippen molar-refractivity contribution in [2.45, 2.75) is 31.7 Å². The molecule has 19 heavy (non-hydrogen) atoms. The van der Waals surface area contributed by atoms with Crippen LogP contribution in [-0.4, -0.2) is 34.6 Å². The van der Waals surface area contributed by atoms with Gasteiger partial charge in [-0.05, 0) is 55.4 Å². The van der Waals surface area contributed by atoms with Gasteiger partial charge >= 0.3 is 0 Å². The Balaban J connectivity index is 1.83. The van der Waals surface area contributed by atoms with Crippen molar-refractivity contribution in [2.24, 2.45) is 0 Å². The summed E-state index contributed by atoms with van der Waals surface area (Å²) in [5, 5.41) is 4.37. The van der Waals surface area contributed by atoms with Crippen LogP contribution >= 0.6 is 11.3 Å². The fourth-order valence-electron chi connectivity index (χ4n) is 2.87. The molecule has 1 aliphatic rings. The molecule has 1 saturated heterocycles. The molecular weight excluding hydrogens is 254 g/mol. The molecule has 0 spiro atoms. The van der Waals surface area contributed by atoms with Crippen LogP contribution in [0.5, 0.6) is 0 Å². The second-order valence-electron chi connectivity index (χ2n) is 5.87. The molecule has 0 aromatic carbocycles. The van der Waals surface area contributed by atoms with E-state index in [-0.39, 0.29) is 5.41 Å². The Kier molecular flexibility index (Phi) is 3.46. The van der Waals surface area contributed by atoms with E-state index in [4.69, 9.17) is 0 Å². The number of nitrogens with zero attached hydrogens (tertiary/aromatic N) is 3. The molecule has 0 saturated carbocycles. The molecule has 4 heteroatoms. The summed E-state index contributed by atoms with van der Waals surface area (Å²) in [4.78, 5) is 7.08. The number of hydrogen-bond donors (Lipinski definition) is 0. The first-order chi connectivity index (χ1) is 9.17. The van der Waals surface area contributed by atoms with Crippen LogP contribution in [0.2, 0.25) is 0 Å². The second-order valence-corrected chi connectivity index (χ2v) is 6.65. The van der Waals surface area contributed by atoms with E-state index in [0.29, 0.717) is 0 Å². The van der Waals surface area contributed by atoms with Crippen LogP contribution in [-0.2, 0) is 12.0 Å². The highest BCUT2D eigenvalue weighted by molar-refractivity contribution is 7.07. The summed E-state index contributed by atoms with van der Waals surface area (Å²) < 4.78 is 2.33. The van der Waals surface area contributed by atoms with Gasteiger partial charge in [-0.2, -0.15) is 11.3 Å². The Morgan fingerprint density at radius 3 is 2.84 bits per heavy atom. The zero-order valence-electron chi connectivity index (χ0n) is 11.7. The predicted octanol–water partition coefficient (Wildman–Crippen LogP) is 2.98. The first-order valence-electron chi connectivity index (χ1n) is 6.89. The molecule has 0 aliphatic carbocycles. The average molecular weight is 275 g/mol. The third-order valence-electron chi connectivity index (χ3n) is 4.28. The van der Waals surface area contributed by atoms with Crippen molar-refractivity contribution in [1.29, 1.82) is 0 Å². The van der Waals surface area contributed by atoms with Crippen LogP contribution in [0.25, 0.3) is 0 Å². The number of aromatic nitrogens is 2. The number of likely N-dealkylation sites (tertiary alicyclic amines) is 1. The van der Waals surface area contributed by atoms with Gasteiger partial charge in [0.1, 0.15) is 5.82 Å². The van der Waals surface area contributed by atoms with Crippen LogP contribution in [0.4, 0.5) is 0 Å². The van der Waals surface area contributed by atoms with Crippen molar-refractivity contribution < 1.29 is 0 Å². The number of imidazole rings is 1. The molecule has 2 aromatic rings. The van der Waals surface area contributed by atoms with Gasteiger partial charge in [-0.1, -0.05) is 6.92 Å². The number of rotatable bonds is 3. The molecular formula is C15H21N3S. The molecule has 0 unspecified atom stereocenters. The fourth-order valence-corrected chi connectivity index (χ4v) is 3.53. The third kappa shape index (κ3) is 2.60. The topological polar surface area (TPSA) is 21.1 Å². The molecule has 0 atom stereocenters. The zero-order chi connectivity index (χ0) is 13.3. The van der Waals surface area contributed by atoms with Crippen molar-refractivity contribution in [2.75, 3.05) is 20.1 Å². The first-order valence-corrected chi connectivity index (χ1v) is 7.83. The van der Waals surface area contributed by atoms with E-state index < -0.39 is 0 Å². The highest BCUT2D eigenvalue weighted by atomic mass is 32.1. The number of hydrogen-bond acceptors (Lipinski definition) is 3. The Morgan fingerprint density at radius 2 is 2.16 bits per heavy atom. The molecule has 0 radical (unpaired) electrons. The smallest absolute Gasteiger partial charge is 0.115 e. The largest absolute Gasteiger partial charge is 0.330 e. The van der Waals surface area contributed by atoms with E-state index in [1.807, 2.05) is 6.20 Å². The Hall–Kier alpha value is -1.13. The molecule has 3 heterocycles. The van der Waals surface area contributed by atoms with Gasteiger partial charge in [0.05, 0.1) is 0 Å². The van der Waals surface area contributed by atoms with Gasteiger partial charge < -0.3 is 9.47 Å². The van der Waals surface area contributed by atoms with Crippen molar-refractivity contribution in [3.8, 4) is 0 Å². The molecule has 3 rings (SSSR count). The highest BCUT2D eigenvalue weighted by Crippen LogP contribution is 2.33. The van der Waals surface area contributed by atoms with Gasteiger partial charge in [0.2, 0.25) is 0 Å². The lowest BCUT2D eigenvalue weighted by molar-refractivity contribution is 0.190. The van der Waals surface area contributed by atoms with Crippen molar-refractivity contribution in [3.63, 3.8) is 0 Å². The van der Waals surface area contributed by atoms with E-state index >= 15 is 0 Å². The van der Waals surface area contributed by atoms with Gasteiger partial charge in [-0.15, -0.1) is 0 Å². The fraction of sp³-hybridized carbons (Fsp3) is 0.533. The Bertz CT molecular complexity index is 521. The summed E-state index contributed by atoms with van der Waals surface area (Å²) in [5.74, 6) is 1.26. The van der Waals surface area contributed by atoms with Crippen molar-refractivity contribution in [3.05, 3.63) is 40.6 Å². The normalized spacial score (nSPS) is 19.7. The second kappa shape index (κ2) is 5.10. The van der Waals surface area contributed by atoms with E-state index in [1.54, 1.807) is 11.3 Å². The lowest BCUT2D eigenvalue weighted by Gasteiger charge is -2.37. The zero-order valence-corrected chi connectivity index (χ0v) is 12.5. The Labute approximate surface area is 118 Å². The minimum absolute atomic E-state index is 0.228. The van der Waals surface area contributed by atoms with Gasteiger partial charge in [0.15, 0.2) is 0 Å². The molecule has 0 N–H and O–H groups in total. The molecule has 1 fully saturated rings. The summed E-state index contributed by atoms with van der Waals surface area (Å²) in [6.07, 6.45) is 6.47. The third-order valence-corrected chi connectivity index (χ3v) is 5.01. The van der Waals surface area contributed by atoms with Crippen LogP contribution in [0.1, 0.15) is 31.2 Å². The quantitative estimate of drug-likeness (QED) is 0.858. The molecule has 0 bridgehead atoms. The number of thiophene rings is 1. The van der Waals surface area contributed by atoms with Gasteiger partial charge in [-0.25, -0.2) is 4.98 Å². The summed E-state index contributed by atoms with van der Waals surface area (Å²) in [7, 11) is 2.21. The van der Waals surface area contributed by atoms with E-state index in [0.717, 1.165) is 6.54 Å². The minimum Gasteiger partial charge on any atom is -0.330 e. The van der Waals surface area contributed by atoms with Crippen LogP contribution in [0.3, 0.4) is 0 Å². The average Bonchev–Trinajstić information content (AvgIpc) is 3.05. The minimum atomic E-state index is 0.228. The van der Waals surface area contributed by atoms with Crippen molar-refractivity contribution >= 4 is 11.3 Å². The summed E-state index contributed by atoms with van der Waals surface area (Å²) in [6.45, 7) is 5.65. The highest BCUT2D eigenvalue weighted by Gasteiger charge is 2.34. The van der Waals surface area contributed by atoms with E-state index in [1.165, 1.54) is 37.3 Å². The van der Waals surface area contributed by atoms with Gasteiger partial charge in [-0.3, -0.25) is 0 Å². The molecule has 3 nitrogen and oxygen atoms in total. The van der Waals surface area contributed by atoms with E-state index in [2.05, 4.69) is 51.4 Å². The maximum absolute atomic E-state index is 4.67. The summed E-state index contributed by atoms with van der Waals surface area (Å²) >= 11 is 1.76. The lowest BCUT2D eigenvalue weighted by Crippen LogP contribution is -2.40. The SMILES string of the molecule is CN1CCC(C)(c2nccn2Cc2ccsc2)CC1. The summed E-state index contributed by atoms with van der Waals surface area (Å²) in [5.41, 5.74) is 1.60. The molecule has 0 amide bonds. The van der Waals surface area contributed by atoms with Crippen LogP contribution in [0.15, 0.2) is 29.2 Å². The van der Waals surface area contributed by atoms with E-state index in [9.17, 15) is 0 Å². The lowest BCUT2D eigenvalue weighted by atomic mass is 9.79. The molecule has 102 valence electrons. The summed E-state index contributed by atoms with van der Waals surface area (Å²) in [6, 6.07) is 2.20. The predicted molar refractivity (Wildman–Crippen MR) is 79.7 cm³/mol. The Morgan fingerprint density at radius 1 is 1.37 bits per heavy atom. The van der Waals surface area contributed by atoms with Gasteiger partial charge in [0.25, 0.3) is 0 Å². The van der Waals surface area contributed by atoms with Gasteiger partial charge in [0, 0.05) is 24.4 Å². The van der Waals surface area contributed by atoms with Crippen LogP contribution in [0, 0.1) is 0 Å². The number of piperidine rings is 1. The van der Waals surface area contributed by atoms with Crippen LogP contribution < -0.4 is 0 Å². The first kappa shape index (κ1) is 12.9. The maximum Gasteiger partial charge on any atom is 0.115 e. The van der Waals surface area contributed by atoms with Crippen molar-refractivity contribution in [1.82, 2.24) is 14.5 Å². The monoisotopic (exact) mass is 275 g/mol. The molecule has 2 aromatic heterocycles.